The summed E-state index contributed by atoms with van der Waals surface area (Å²) in [6.45, 7) is 3.66. The topological polar surface area (TPSA) is 87.0 Å². The second-order valence-corrected chi connectivity index (χ2v) is 7.86. The number of carbonyl (C=O) groups excluding carboxylic acids is 2. The SMILES string of the molecule is Cc1ccc(N(CC(=O)N2CCCCC2)CC(=O)N(C)c2ccc([N+](=O)[O-])cc2)cc1. The summed E-state index contributed by atoms with van der Waals surface area (Å²) in [5.74, 6) is -0.188. The first-order chi connectivity index (χ1) is 14.8. The average Bonchev–Trinajstić information content (AvgIpc) is 2.79. The van der Waals surface area contributed by atoms with E-state index in [-0.39, 0.29) is 30.6 Å². The zero-order valence-corrected chi connectivity index (χ0v) is 18.0. The van der Waals surface area contributed by atoms with Gasteiger partial charge in [0.1, 0.15) is 0 Å². The molecule has 3 rings (SSSR count). The van der Waals surface area contributed by atoms with Gasteiger partial charge in [0.25, 0.3) is 5.69 Å². The number of aryl methyl sites for hydroxylation is 1. The van der Waals surface area contributed by atoms with Crippen molar-refractivity contribution in [2.75, 3.05) is 43.0 Å². The summed E-state index contributed by atoms with van der Waals surface area (Å²) in [7, 11) is 1.63. The lowest BCUT2D eigenvalue weighted by molar-refractivity contribution is -0.384. The fourth-order valence-corrected chi connectivity index (χ4v) is 3.61. The van der Waals surface area contributed by atoms with Gasteiger partial charge in [-0.25, -0.2) is 0 Å². The van der Waals surface area contributed by atoms with Crippen LogP contribution in [0.2, 0.25) is 0 Å². The Labute approximate surface area is 182 Å². The number of nitro groups is 1. The van der Waals surface area contributed by atoms with Crippen LogP contribution in [0.15, 0.2) is 48.5 Å². The number of non-ortho nitro benzene ring substituents is 1. The van der Waals surface area contributed by atoms with Gasteiger partial charge in [-0.2, -0.15) is 0 Å². The van der Waals surface area contributed by atoms with Crippen LogP contribution in [0.3, 0.4) is 0 Å². The summed E-state index contributed by atoms with van der Waals surface area (Å²) < 4.78 is 0. The number of benzene rings is 2. The van der Waals surface area contributed by atoms with E-state index in [0.717, 1.165) is 43.6 Å². The molecule has 2 amide bonds. The Morgan fingerprint density at radius 2 is 1.52 bits per heavy atom. The lowest BCUT2D eigenvalue weighted by atomic mass is 10.1. The molecule has 0 saturated carbocycles. The minimum absolute atomic E-state index is 0.0195. The van der Waals surface area contributed by atoms with Gasteiger partial charge in [0, 0.05) is 43.6 Å². The summed E-state index contributed by atoms with van der Waals surface area (Å²) in [4.78, 5) is 41.4. The standard InChI is InChI=1S/C23H28N4O4/c1-18-6-8-20(9-7-18)26(17-23(29)25-14-4-3-5-15-25)16-22(28)24(2)19-10-12-21(13-11-19)27(30)31/h6-13H,3-5,14-17H2,1-2H3. The van der Waals surface area contributed by atoms with E-state index in [1.54, 1.807) is 24.1 Å². The highest BCUT2D eigenvalue weighted by molar-refractivity contribution is 5.97. The molecule has 1 saturated heterocycles. The van der Waals surface area contributed by atoms with Crippen LogP contribution in [-0.2, 0) is 9.59 Å². The minimum Gasteiger partial charge on any atom is -0.353 e. The maximum atomic E-state index is 13.0. The van der Waals surface area contributed by atoms with Crippen molar-refractivity contribution in [2.45, 2.75) is 26.2 Å². The van der Waals surface area contributed by atoms with Crippen molar-refractivity contribution >= 4 is 28.9 Å². The van der Waals surface area contributed by atoms with Gasteiger partial charge in [-0.05, 0) is 50.5 Å². The van der Waals surface area contributed by atoms with E-state index in [2.05, 4.69) is 0 Å². The van der Waals surface area contributed by atoms with Crippen LogP contribution in [0, 0.1) is 17.0 Å². The van der Waals surface area contributed by atoms with Crippen LogP contribution in [0.4, 0.5) is 17.1 Å². The van der Waals surface area contributed by atoms with Crippen molar-refractivity contribution in [3.8, 4) is 0 Å². The van der Waals surface area contributed by atoms with E-state index in [1.807, 2.05) is 36.1 Å². The number of likely N-dealkylation sites (tertiary alicyclic amines) is 1. The molecule has 8 nitrogen and oxygen atoms in total. The van der Waals surface area contributed by atoms with Gasteiger partial charge in [0.2, 0.25) is 11.8 Å². The molecule has 164 valence electrons. The number of amides is 2. The molecule has 2 aromatic rings. The molecule has 1 fully saturated rings. The second-order valence-electron chi connectivity index (χ2n) is 7.86. The Balaban J connectivity index is 1.74. The number of likely N-dealkylation sites (N-methyl/N-ethyl adjacent to an activating group) is 1. The quantitative estimate of drug-likeness (QED) is 0.502. The van der Waals surface area contributed by atoms with Crippen LogP contribution in [0.5, 0.6) is 0 Å². The molecule has 1 heterocycles. The predicted molar refractivity (Wildman–Crippen MR) is 120 cm³/mol. The van der Waals surface area contributed by atoms with Crippen molar-refractivity contribution < 1.29 is 14.5 Å². The molecule has 8 heteroatoms. The monoisotopic (exact) mass is 424 g/mol. The van der Waals surface area contributed by atoms with Crippen LogP contribution in [0.25, 0.3) is 0 Å². The zero-order chi connectivity index (χ0) is 22.4. The van der Waals surface area contributed by atoms with Gasteiger partial charge in [0.05, 0.1) is 18.0 Å². The van der Waals surface area contributed by atoms with Gasteiger partial charge in [-0.3, -0.25) is 19.7 Å². The lowest BCUT2D eigenvalue weighted by Gasteiger charge is -2.31. The largest absolute Gasteiger partial charge is 0.353 e. The molecule has 0 radical (unpaired) electrons. The summed E-state index contributed by atoms with van der Waals surface area (Å²) in [5, 5.41) is 10.9. The third-order valence-corrected chi connectivity index (χ3v) is 5.58. The van der Waals surface area contributed by atoms with Crippen molar-refractivity contribution in [3.63, 3.8) is 0 Å². The highest BCUT2D eigenvalue weighted by Crippen LogP contribution is 2.20. The van der Waals surface area contributed by atoms with Crippen molar-refractivity contribution in [2.24, 2.45) is 0 Å². The molecule has 0 aliphatic carbocycles. The number of nitro benzene ring substituents is 1. The van der Waals surface area contributed by atoms with Crippen molar-refractivity contribution in [1.29, 1.82) is 0 Å². The first-order valence-electron chi connectivity index (χ1n) is 10.5. The third-order valence-electron chi connectivity index (χ3n) is 5.58. The molecule has 2 aromatic carbocycles. The number of piperidine rings is 1. The number of hydrogen-bond acceptors (Lipinski definition) is 5. The normalized spacial score (nSPS) is 13.5. The summed E-state index contributed by atoms with van der Waals surface area (Å²) in [5.41, 5.74) is 2.43. The number of carbonyl (C=O) groups is 2. The molecule has 0 spiro atoms. The highest BCUT2D eigenvalue weighted by Gasteiger charge is 2.23. The molecular formula is C23H28N4O4. The van der Waals surface area contributed by atoms with Crippen LogP contribution >= 0.6 is 0 Å². The smallest absolute Gasteiger partial charge is 0.269 e. The van der Waals surface area contributed by atoms with Gasteiger partial charge in [-0.15, -0.1) is 0 Å². The second kappa shape index (κ2) is 10.1. The first-order valence-corrected chi connectivity index (χ1v) is 10.5. The van der Waals surface area contributed by atoms with Gasteiger partial charge >= 0.3 is 0 Å². The number of anilines is 2. The zero-order valence-electron chi connectivity index (χ0n) is 18.0. The van der Waals surface area contributed by atoms with Crippen molar-refractivity contribution in [3.05, 3.63) is 64.2 Å². The number of nitrogens with zero attached hydrogens (tertiary/aromatic N) is 4. The van der Waals surface area contributed by atoms with Crippen LogP contribution in [0.1, 0.15) is 24.8 Å². The van der Waals surface area contributed by atoms with Gasteiger partial charge in [0.15, 0.2) is 0 Å². The Morgan fingerprint density at radius 3 is 2.10 bits per heavy atom. The fourth-order valence-electron chi connectivity index (χ4n) is 3.61. The molecular weight excluding hydrogens is 396 g/mol. The van der Waals surface area contributed by atoms with E-state index < -0.39 is 4.92 Å². The first kappa shape index (κ1) is 22.3. The maximum absolute atomic E-state index is 13.0. The Morgan fingerprint density at radius 1 is 0.935 bits per heavy atom. The van der Waals surface area contributed by atoms with E-state index in [1.165, 1.54) is 17.0 Å². The molecule has 0 unspecified atom stereocenters. The number of rotatable bonds is 7. The van der Waals surface area contributed by atoms with E-state index in [4.69, 9.17) is 0 Å². The van der Waals surface area contributed by atoms with E-state index >= 15 is 0 Å². The average molecular weight is 425 g/mol. The predicted octanol–water partition coefficient (Wildman–Crippen LogP) is 3.39. The summed E-state index contributed by atoms with van der Waals surface area (Å²) in [6.07, 6.45) is 3.17. The third kappa shape index (κ3) is 5.81. The Kier molecular flexibility index (Phi) is 7.23. The Hall–Kier alpha value is -3.42. The Bertz CT molecular complexity index is 922. The summed E-state index contributed by atoms with van der Waals surface area (Å²) in [6, 6.07) is 13.6. The molecule has 31 heavy (non-hydrogen) atoms. The fraction of sp³-hybridized carbons (Fsp3) is 0.391. The molecule has 0 atom stereocenters. The van der Waals surface area contributed by atoms with E-state index in [9.17, 15) is 19.7 Å². The summed E-state index contributed by atoms with van der Waals surface area (Å²) >= 11 is 0. The maximum Gasteiger partial charge on any atom is 0.269 e. The molecule has 0 bridgehead atoms. The van der Waals surface area contributed by atoms with Gasteiger partial charge < -0.3 is 14.7 Å². The van der Waals surface area contributed by atoms with Crippen LogP contribution in [-0.4, -0.2) is 54.9 Å². The van der Waals surface area contributed by atoms with Gasteiger partial charge in [-0.1, -0.05) is 17.7 Å². The van der Waals surface area contributed by atoms with Crippen LogP contribution < -0.4 is 9.80 Å². The molecule has 0 aromatic heterocycles. The molecule has 1 aliphatic rings. The lowest BCUT2D eigenvalue weighted by Crippen LogP contribution is -2.46. The van der Waals surface area contributed by atoms with Crippen molar-refractivity contribution in [1.82, 2.24) is 4.90 Å². The number of hydrogen-bond donors (Lipinski definition) is 0. The minimum atomic E-state index is -0.475. The van der Waals surface area contributed by atoms with E-state index in [0.29, 0.717) is 5.69 Å². The molecule has 1 aliphatic heterocycles. The highest BCUT2D eigenvalue weighted by atomic mass is 16.6. The molecule has 0 N–H and O–H groups in total.